The van der Waals surface area contributed by atoms with E-state index in [4.69, 9.17) is 4.74 Å². The summed E-state index contributed by atoms with van der Waals surface area (Å²) >= 11 is 0. The molecule has 2 fully saturated rings. The maximum Gasteiger partial charge on any atom is 0.119 e. The van der Waals surface area contributed by atoms with Crippen LogP contribution in [0, 0.1) is 5.92 Å². The van der Waals surface area contributed by atoms with Crippen molar-refractivity contribution >= 4 is 0 Å². The number of ether oxygens (including phenoxy) is 1. The lowest BCUT2D eigenvalue weighted by Gasteiger charge is -2.27. The van der Waals surface area contributed by atoms with Crippen molar-refractivity contribution in [2.75, 3.05) is 13.7 Å². The summed E-state index contributed by atoms with van der Waals surface area (Å²) in [7, 11) is 1.77. The number of benzene rings is 1. The summed E-state index contributed by atoms with van der Waals surface area (Å²) in [6.45, 7) is 1.22. The summed E-state index contributed by atoms with van der Waals surface area (Å²) in [5.41, 5.74) is 3.66. The van der Waals surface area contributed by atoms with Gasteiger partial charge in [-0.1, -0.05) is 6.07 Å². The Bertz CT molecular complexity index is 494. The van der Waals surface area contributed by atoms with Crippen molar-refractivity contribution in [3.8, 4) is 5.75 Å². The molecule has 0 saturated heterocycles. The molecule has 1 spiro atoms. The predicted octanol–water partition coefficient (Wildman–Crippen LogP) is 3.04. The molecular weight excluding hydrogens is 234 g/mol. The molecule has 2 heteroatoms. The third-order valence-corrected chi connectivity index (χ3v) is 5.38. The van der Waals surface area contributed by atoms with Gasteiger partial charge in [-0.15, -0.1) is 0 Å². The largest absolute Gasteiger partial charge is 0.497 e. The first-order valence-electron chi connectivity index (χ1n) is 7.72. The molecule has 0 bridgehead atoms. The van der Waals surface area contributed by atoms with Crippen molar-refractivity contribution < 1.29 is 4.74 Å². The summed E-state index contributed by atoms with van der Waals surface area (Å²) in [4.78, 5) is 0. The quantitative estimate of drug-likeness (QED) is 0.895. The average molecular weight is 257 g/mol. The molecule has 102 valence electrons. The summed E-state index contributed by atoms with van der Waals surface area (Å²) < 4.78 is 5.43. The van der Waals surface area contributed by atoms with Crippen LogP contribution in [0.5, 0.6) is 5.75 Å². The van der Waals surface area contributed by atoms with E-state index >= 15 is 0 Å². The van der Waals surface area contributed by atoms with Crippen molar-refractivity contribution in [1.29, 1.82) is 0 Å². The molecule has 19 heavy (non-hydrogen) atoms. The van der Waals surface area contributed by atoms with Crippen LogP contribution in [-0.2, 0) is 11.8 Å². The minimum atomic E-state index is 0.490. The van der Waals surface area contributed by atoms with E-state index in [9.17, 15) is 0 Å². The number of hydrogen-bond acceptors (Lipinski definition) is 2. The van der Waals surface area contributed by atoms with Gasteiger partial charge in [0.25, 0.3) is 0 Å². The number of methoxy groups -OCH3 is 1. The van der Waals surface area contributed by atoms with Gasteiger partial charge in [0.15, 0.2) is 0 Å². The molecule has 3 aliphatic carbocycles. The van der Waals surface area contributed by atoms with Gasteiger partial charge in [0.1, 0.15) is 5.75 Å². The molecule has 1 aromatic rings. The van der Waals surface area contributed by atoms with Gasteiger partial charge in [-0.25, -0.2) is 0 Å². The van der Waals surface area contributed by atoms with E-state index in [0.717, 1.165) is 17.7 Å². The number of aryl methyl sites for hydroxylation is 1. The second-order valence-corrected chi connectivity index (χ2v) is 6.62. The fraction of sp³-hybridized carbons (Fsp3) is 0.647. The first-order valence-corrected chi connectivity index (χ1v) is 7.72. The van der Waals surface area contributed by atoms with E-state index in [2.05, 4.69) is 23.5 Å². The van der Waals surface area contributed by atoms with Crippen LogP contribution in [0.25, 0.3) is 0 Å². The van der Waals surface area contributed by atoms with E-state index in [1.54, 1.807) is 18.2 Å². The zero-order valence-corrected chi connectivity index (χ0v) is 11.7. The van der Waals surface area contributed by atoms with Crippen LogP contribution in [0.4, 0.5) is 0 Å². The lowest BCUT2D eigenvalue weighted by Crippen LogP contribution is -2.25. The van der Waals surface area contributed by atoms with Gasteiger partial charge in [-0.05, 0) is 74.2 Å². The van der Waals surface area contributed by atoms with Gasteiger partial charge in [0.05, 0.1) is 7.11 Å². The summed E-state index contributed by atoms with van der Waals surface area (Å²) in [5, 5.41) is 3.72. The van der Waals surface area contributed by atoms with Crippen molar-refractivity contribution in [2.24, 2.45) is 5.92 Å². The molecule has 0 aliphatic heterocycles. The van der Waals surface area contributed by atoms with Crippen LogP contribution >= 0.6 is 0 Å². The van der Waals surface area contributed by atoms with Gasteiger partial charge >= 0.3 is 0 Å². The van der Waals surface area contributed by atoms with Gasteiger partial charge in [-0.2, -0.15) is 0 Å². The second-order valence-electron chi connectivity index (χ2n) is 6.62. The van der Waals surface area contributed by atoms with Crippen molar-refractivity contribution in [2.45, 2.75) is 50.0 Å². The van der Waals surface area contributed by atoms with Crippen LogP contribution in [0.1, 0.15) is 43.2 Å². The molecule has 2 atom stereocenters. The van der Waals surface area contributed by atoms with Crippen molar-refractivity contribution in [1.82, 2.24) is 5.32 Å². The monoisotopic (exact) mass is 257 g/mol. The highest BCUT2D eigenvalue weighted by atomic mass is 16.5. The molecule has 2 saturated carbocycles. The number of rotatable bonds is 4. The Hall–Kier alpha value is -1.02. The zero-order chi connectivity index (χ0) is 12.9. The van der Waals surface area contributed by atoms with Gasteiger partial charge in [-0.3, -0.25) is 0 Å². The molecule has 3 aliphatic rings. The first kappa shape index (κ1) is 11.8. The zero-order valence-electron chi connectivity index (χ0n) is 11.7. The molecule has 1 aromatic carbocycles. The maximum absolute atomic E-state index is 5.43. The average Bonchev–Trinajstić information content (AvgIpc) is 3.34. The standard InChI is InChI=1S/C17H23NO/c1-19-15-7-4-12-3-2-8-17(16(12)9-15)10-13(17)11-18-14-5-6-14/h4,7,9,13-14,18H,2-3,5-6,8,10-11H2,1H3. The van der Waals surface area contributed by atoms with Gasteiger partial charge in [0, 0.05) is 11.5 Å². The van der Waals surface area contributed by atoms with Crippen molar-refractivity contribution in [3.05, 3.63) is 29.3 Å². The van der Waals surface area contributed by atoms with E-state index in [1.165, 1.54) is 45.1 Å². The Morgan fingerprint density at radius 1 is 1.37 bits per heavy atom. The smallest absolute Gasteiger partial charge is 0.119 e. The molecule has 4 rings (SSSR count). The fourth-order valence-electron chi connectivity index (χ4n) is 3.97. The van der Waals surface area contributed by atoms with Gasteiger partial charge < -0.3 is 10.1 Å². The van der Waals surface area contributed by atoms with E-state index < -0.39 is 0 Å². The lowest BCUT2D eigenvalue weighted by molar-refractivity contribution is 0.410. The second kappa shape index (κ2) is 4.24. The summed E-state index contributed by atoms with van der Waals surface area (Å²) in [6, 6.07) is 7.56. The maximum atomic E-state index is 5.43. The van der Waals surface area contributed by atoms with Crippen LogP contribution < -0.4 is 10.1 Å². The molecule has 1 N–H and O–H groups in total. The van der Waals surface area contributed by atoms with Gasteiger partial charge in [0.2, 0.25) is 0 Å². The fourth-order valence-corrected chi connectivity index (χ4v) is 3.97. The SMILES string of the molecule is COc1ccc2c(c1)C1(CCC2)CC1CNC1CC1. The van der Waals surface area contributed by atoms with E-state index in [0.29, 0.717) is 5.41 Å². The molecule has 0 amide bonds. The molecule has 2 unspecified atom stereocenters. The Morgan fingerprint density at radius 2 is 2.26 bits per heavy atom. The Morgan fingerprint density at radius 3 is 3.05 bits per heavy atom. The Balaban J connectivity index is 1.58. The highest BCUT2D eigenvalue weighted by Crippen LogP contribution is 2.60. The number of fused-ring (bicyclic) bond motifs is 2. The molecule has 0 aromatic heterocycles. The molecule has 0 radical (unpaired) electrons. The topological polar surface area (TPSA) is 21.3 Å². The van der Waals surface area contributed by atoms with Crippen LogP contribution in [0.3, 0.4) is 0 Å². The normalized spacial score (nSPS) is 32.2. The van der Waals surface area contributed by atoms with Crippen LogP contribution in [0.2, 0.25) is 0 Å². The minimum Gasteiger partial charge on any atom is -0.497 e. The number of hydrogen-bond donors (Lipinski definition) is 1. The van der Waals surface area contributed by atoms with Crippen molar-refractivity contribution in [3.63, 3.8) is 0 Å². The Kier molecular flexibility index (Phi) is 2.63. The number of nitrogens with one attached hydrogen (secondary N) is 1. The van der Waals surface area contributed by atoms with Crippen LogP contribution in [-0.4, -0.2) is 19.7 Å². The summed E-state index contributed by atoms with van der Waals surface area (Å²) in [5.74, 6) is 1.89. The van der Waals surface area contributed by atoms with E-state index in [-0.39, 0.29) is 0 Å². The third kappa shape index (κ3) is 1.97. The molecular formula is C17H23NO. The Labute approximate surface area is 115 Å². The van der Waals surface area contributed by atoms with Crippen LogP contribution in [0.15, 0.2) is 18.2 Å². The minimum absolute atomic E-state index is 0.490. The molecule has 0 heterocycles. The molecule has 2 nitrogen and oxygen atoms in total. The van der Waals surface area contributed by atoms with E-state index in [1.807, 2.05) is 0 Å². The predicted molar refractivity (Wildman–Crippen MR) is 76.7 cm³/mol. The summed E-state index contributed by atoms with van der Waals surface area (Å²) in [6.07, 6.45) is 8.16. The third-order valence-electron chi connectivity index (χ3n) is 5.38. The highest BCUT2D eigenvalue weighted by Gasteiger charge is 2.56. The first-order chi connectivity index (χ1) is 9.32. The lowest BCUT2D eigenvalue weighted by atomic mass is 9.78. The highest BCUT2D eigenvalue weighted by molar-refractivity contribution is 5.46.